The van der Waals surface area contributed by atoms with E-state index in [2.05, 4.69) is 20.5 Å². The van der Waals surface area contributed by atoms with Crippen LogP contribution in [0.25, 0.3) is 0 Å². The number of amides is 1. The first-order chi connectivity index (χ1) is 9.61. The van der Waals surface area contributed by atoms with E-state index in [4.69, 9.17) is 23.8 Å². The molecule has 0 fully saturated rings. The molecular formula is C12H14ClN5OS. The number of halogens is 1. The number of hydrogen-bond donors (Lipinski definition) is 2. The molecule has 0 unspecified atom stereocenters. The molecular weight excluding hydrogens is 298 g/mol. The number of aromatic amines is 1. The number of aromatic nitrogens is 4. The van der Waals surface area contributed by atoms with E-state index in [1.165, 1.54) is 6.20 Å². The molecule has 0 aliphatic heterocycles. The van der Waals surface area contributed by atoms with Crippen molar-refractivity contribution in [2.75, 3.05) is 6.54 Å². The van der Waals surface area contributed by atoms with Crippen LogP contribution >= 0.6 is 23.8 Å². The van der Waals surface area contributed by atoms with Crippen LogP contribution in [-0.4, -0.2) is 32.2 Å². The first-order valence-corrected chi connectivity index (χ1v) is 6.94. The molecule has 1 amide bonds. The number of rotatable bonds is 5. The lowest BCUT2D eigenvalue weighted by molar-refractivity contribution is 0.0953. The van der Waals surface area contributed by atoms with Gasteiger partial charge in [0.2, 0.25) is 0 Å². The Morgan fingerprint density at radius 1 is 1.55 bits per heavy atom. The van der Waals surface area contributed by atoms with Crippen LogP contribution in [0.5, 0.6) is 0 Å². The van der Waals surface area contributed by atoms with E-state index >= 15 is 0 Å². The molecule has 106 valence electrons. The molecule has 0 saturated heterocycles. The van der Waals surface area contributed by atoms with E-state index < -0.39 is 0 Å². The van der Waals surface area contributed by atoms with Gasteiger partial charge < -0.3 is 9.88 Å². The minimum Gasteiger partial charge on any atom is -0.352 e. The zero-order chi connectivity index (χ0) is 14.5. The van der Waals surface area contributed by atoms with Crippen molar-refractivity contribution in [1.82, 2.24) is 25.1 Å². The summed E-state index contributed by atoms with van der Waals surface area (Å²) >= 11 is 10.8. The monoisotopic (exact) mass is 311 g/mol. The molecule has 0 atom stereocenters. The van der Waals surface area contributed by atoms with E-state index in [0.29, 0.717) is 28.5 Å². The lowest BCUT2D eigenvalue weighted by Crippen LogP contribution is -2.26. The zero-order valence-electron chi connectivity index (χ0n) is 10.9. The van der Waals surface area contributed by atoms with Crippen molar-refractivity contribution in [2.45, 2.75) is 19.9 Å². The summed E-state index contributed by atoms with van der Waals surface area (Å²) in [6.07, 6.45) is 2.05. The van der Waals surface area contributed by atoms with Gasteiger partial charge in [0, 0.05) is 25.7 Å². The highest BCUT2D eigenvalue weighted by Crippen LogP contribution is 2.05. The summed E-state index contributed by atoms with van der Waals surface area (Å²) in [6.45, 7) is 3.22. The number of nitrogens with zero attached hydrogens (tertiary/aromatic N) is 3. The summed E-state index contributed by atoms with van der Waals surface area (Å²) in [7, 11) is 0. The largest absolute Gasteiger partial charge is 0.352 e. The Balaban J connectivity index is 1.91. The second kappa shape index (κ2) is 6.62. The van der Waals surface area contributed by atoms with Crippen LogP contribution in [0.15, 0.2) is 18.3 Å². The van der Waals surface area contributed by atoms with Crippen LogP contribution in [0, 0.1) is 4.77 Å². The Hall–Kier alpha value is -1.73. The van der Waals surface area contributed by atoms with Gasteiger partial charge in [-0.1, -0.05) is 11.6 Å². The van der Waals surface area contributed by atoms with Crippen molar-refractivity contribution < 1.29 is 4.79 Å². The van der Waals surface area contributed by atoms with Gasteiger partial charge in [0.05, 0.1) is 5.56 Å². The van der Waals surface area contributed by atoms with Gasteiger partial charge in [-0.25, -0.2) is 4.98 Å². The number of carbonyl (C=O) groups is 1. The zero-order valence-corrected chi connectivity index (χ0v) is 12.5. The number of hydrogen-bond acceptors (Lipinski definition) is 4. The third-order valence-electron chi connectivity index (χ3n) is 2.78. The molecule has 2 N–H and O–H groups in total. The second-order valence-corrected chi connectivity index (χ2v) is 4.84. The lowest BCUT2D eigenvalue weighted by Gasteiger charge is -2.06. The van der Waals surface area contributed by atoms with E-state index in [9.17, 15) is 4.79 Å². The molecule has 6 nitrogen and oxygen atoms in total. The van der Waals surface area contributed by atoms with Gasteiger partial charge in [-0.2, -0.15) is 5.10 Å². The van der Waals surface area contributed by atoms with E-state index in [-0.39, 0.29) is 5.91 Å². The van der Waals surface area contributed by atoms with Crippen LogP contribution in [0.1, 0.15) is 23.1 Å². The van der Waals surface area contributed by atoms with Gasteiger partial charge in [-0.15, -0.1) is 0 Å². The Labute approximate surface area is 126 Å². The molecule has 0 radical (unpaired) electrons. The van der Waals surface area contributed by atoms with Crippen LogP contribution in [0.4, 0.5) is 0 Å². The average Bonchev–Trinajstić information content (AvgIpc) is 2.80. The first-order valence-electron chi connectivity index (χ1n) is 6.15. The fraction of sp³-hybridized carbons (Fsp3) is 0.333. The van der Waals surface area contributed by atoms with Crippen LogP contribution in [0.3, 0.4) is 0 Å². The van der Waals surface area contributed by atoms with E-state index in [1.54, 1.807) is 12.1 Å². The maximum Gasteiger partial charge on any atom is 0.252 e. The summed E-state index contributed by atoms with van der Waals surface area (Å²) in [5.41, 5.74) is 0.476. The summed E-state index contributed by atoms with van der Waals surface area (Å²) < 4.78 is 2.49. The van der Waals surface area contributed by atoms with Crippen molar-refractivity contribution in [3.05, 3.63) is 39.6 Å². The SMILES string of the molecule is CCn1c(CCNC(=O)c2ccc(Cl)nc2)n[nH]c1=S. The molecule has 0 saturated carbocycles. The minimum atomic E-state index is -0.189. The van der Waals surface area contributed by atoms with Crippen LogP contribution in [0.2, 0.25) is 5.15 Å². The standard InChI is InChI=1S/C12H14ClN5OS/c1-2-18-10(16-17-12(18)20)5-6-14-11(19)8-3-4-9(13)15-7-8/h3-4,7H,2,5-6H2,1H3,(H,14,19)(H,17,20). The van der Waals surface area contributed by atoms with Crippen LogP contribution < -0.4 is 5.32 Å². The molecule has 2 aromatic heterocycles. The highest BCUT2D eigenvalue weighted by atomic mass is 35.5. The molecule has 8 heteroatoms. The van der Waals surface area contributed by atoms with Crippen molar-refractivity contribution in [3.63, 3.8) is 0 Å². The fourth-order valence-electron chi connectivity index (χ4n) is 1.77. The molecule has 0 bridgehead atoms. The molecule has 0 aromatic carbocycles. The van der Waals surface area contributed by atoms with Gasteiger partial charge >= 0.3 is 0 Å². The fourth-order valence-corrected chi connectivity index (χ4v) is 2.16. The highest BCUT2D eigenvalue weighted by molar-refractivity contribution is 7.71. The summed E-state index contributed by atoms with van der Waals surface area (Å²) in [4.78, 5) is 15.7. The predicted molar refractivity (Wildman–Crippen MR) is 78.4 cm³/mol. The minimum absolute atomic E-state index is 0.189. The van der Waals surface area contributed by atoms with E-state index in [1.807, 2.05) is 11.5 Å². The smallest absolute Gasteiger partial charge is 0.252 e. The van der Waals surface area contributed by atoms with Gasteiger partial charge in [0.15, 0.2) is 4.77 Å². The molecule has 2 heterocycles. The number of pyridine rings is 1. The van der Waals surface area contributed by atoms with Crippen molar-refractivity contribution in [2.24, 2.45) is 0 Å². The normalized spacial score (nSPS) is 10.5. The van der Waals surface area contributed by atoms with Gasteiger partial charge in [0.25, 0.3) is 5.91 Å². The Kier molecular flexibility index (Phi) is 4.86. The van der Waals surface area contributed by atoms with Crippen molar-refractivity contribution >= 4 is 29.7 Å². The van der Waals surface area contributed by atoms with Gasteiger partial charge in [0.1, 0.15) is 11.0 Å². The lowest BCUT2D eigenvalue weighted by atomic mass is 10.2. The maximum absolute atomic E-state index is 11.9. The van der Waals surface area contributed by atoms with E-state index in [0.717, 1.165) is 12.4 Å². The number of carbonyl (C=O) groups excluding carboxylic acids is 1. The van der Waals surface area contributed by atoms with Gasteiger partial charge in [-0.05, 0) is 31.3 Å². The Morgan fingerprint density at radius 2 is 2.35 bits per heavy atom. The van der Waals surface area contributed by atoms with Crippen LogP contribution in [-0.2, 0) is 13.0 Å². The topological polar surface area (TPSA) is 75.6 Å². The van der Waals surface area contributed by atoms with Crippen molar-refractivity contribution in [3.8, 4) is 0 Å². The summed E-state index contributed by atoms with van der Waals surface area (Å²) in [5.74, 6) is 0.637. The third-order valence-corrected chi connectivity index (χ3v) is 3.31. The van der Waals surface area contributed by atoms with Gasteiger partial charge in [-0.3, -0.25) is 9.89 Å². The highest BCUT2D eigenvalue weighted by Gasteiger charge is 2.07. The number of H-pyrrole nitrogens is 1. The average molecular weight is 312 g/mol. The molecule has 0 aliphatic carbocycles. The predicted octanol–water partition coefficient (Wildman–Crippen LogP) is 1.98. The van der Waals surface area contributed by atoms with Crippen molar-refractivity contribution in [1.29, 1.82) is 0 Å². The summed E-state index contributed by atoms with van der Waals surface area (Å²) in [6, 6.07) is 3.21. The Morgan fingerprint density at radius 3 is 3.00 bits per heavy atom. The molecule has 0 spiro atoms. The maximum atomic E-state index is 11.9. The molecule has 2 aromatic rings. The first kappa shape index (κ1) is 14.7. The molecule has 0 aliphatic rings. The summed E-state index contributed by atoms with van der Waals surface area (Å²) in [5, 5.41) is 10.0. The Bertz CT molecular complexity index is 649. The second-order valence-electron chi connectivity index (χ2n) is 4.06. The quantitative estimate of drug-likeness (QED) is 0.654. The third kappa shape index (κ3) is 3.43. The molecule has 2 rings (SSSR count). The molecule has 20 heavy (non-hydrogen) atoms. The number of nitrogens with one attached hydrogen (secondary N) is 2.